The van der Waals surface area contributed by atoms with E-state index < -0.39 is 23.5 Å². The van der Waals surface area contributed by atoms with Crippen LogP contribution in [0.25, 0.3) is 5.76 Å². The fourth-order valence-corrected chi connectivity index (χ4v) is 3.90. The molecule has 1 fully saturated rings. The van der Waals surface area contributed by atoms with E-state index in [-0.39, 0.29) is 30.0 Å². The number of hydrogen-bond donors (Lipinski definition) is 1. The standard InChI is InChI=1S/C27H32FNO6/c1-5-34-22-16-19(8-11-21(22)35-14-12-17(2)3)24-23(25(30)18-6-9-20(28)10-7-18)26(31)27(32)29(24)13-15-33-4/h6-11,16-17,24,30H,5,12-15H2,1-4H3. The molecule has 0 bridgehead atoms. The lowest BCUT2D eigenvalue weighted by Crippen LogP contribution is -2.32. The summed E-state index contributed by atoms with van der Waals surface area (Å²) in [7, 11) is 1.50. The van der Waals surface area contributed by atoms with Crippen LogP contribution >= 0.6 is 0 Å². The van der Waals surface area contributed by atoms with Crippen LogP contribution in [0.4, 0.5) is 4.39 Å². The second-order valence-electron chi connectivity index (χ2n) is 8.66. The number of nitrogens with zero attached hydrogens (tertiary/aromatic N) is 1. The Kier molecular flexibility index (Phi) is 8.87. The van der Waals surface area contributed by atoms with E-state index in [0.29, 0.717) is 36.2 Å². The molecule has 0 aliphatic carbocycles. The van der Waals surface area contributed by atoms with Crippen LogP contribution in [0.5, 0.6) is 11.5 Å². The fraction of sp³-hybridized carbons (Fsp3) is 0.407. The van der Waals surface area contributed by atoms with Crippen molar-refractivity contribution in [3.63, 3.8) is 0 Å². The van der Waals surface area contributed by atoms with Crippen molar-refractivity contribution in [1.29, 1.82) is 0 Å². The summed E-state index contributed by atoms with van der Waals surface area (Å²) in [6, 6.07) is 9.43. The highest BCUT2D eigenvalue weighted by atomic mass is 19.1. The Bertz CT molecular complexity index is 1080. The lowest BCUT2D eigenvalue weighted by Gasteiger charge is -2.26. The number of Topliss-reactive ketones (excluding diaryl/α,β-unsaturated/α-hetero) is 1. The number of carbonyl (C=O) groups excluding carboxylic acids is 2. The second-order valence-corrected chi connectivity index (χ2v) is 8.66. The van der Waals surface area contributed by atoms with Crippen LogP contribution in [0.2, 0.25) is 0 Å². The number of amides is 1. The van der Waals surface area contributed by atoms with Crippen LogP contribution in [0, 0.1) is 11.7 Å². The molecule has 1 unspecified atom stereocenters. The third-order valence-corrected chi connectivity index (χ3v) is 5.73. The van der Waals surface area contributed by atoms with E-state index in [9.17, 15) is 19.1 Å². The fourth-order valence-electron chi connectivity index (χ4n) is 3.90. The molecule has 3 rings (SSSR count). The molecule has 1 aliphatic rings. The van der Waals surface area contributed by atoms with Crippen molar-refractivity contribution in [2.45, 2.75) is 33.2 Å². The zero-order valence-electron chi connectivity index (χ0n) is 20.5. The number of carbonyl (C=O) groups is 2. The van der Waals surface area contributed by atoms with E-state index >= 15 is 0 Å². The van der Waals surface area contributed by atoms with Crippen LogP contribution in [0.1, 0.15) is 44.4 Å². The highest BCUT2D eigenvalue weighted by Crippen LogP contribution is 2.42. The monoisotopic (exact) mass is 485 g/mol. The van der Waals surface area contributed by atoms with Crippen molar-refractivity contribution < 1.29 is 33.3 Å². The molecule has 1 heterocycles. The van der Waals surface area contributed by atoms with E-state index in [1.54, 1.807) is 18.2 Å². The summed E-state index contributed by atoms with van der Waals surface area (Å²) in [5.74, 6) is -0.890. The first-order chi connectivity index (χ1) is 16.8. The first-order valence-corrected chi connectivity index (χ1v) is 11.7. The smallest absolute Gasteiger partial charge is 0.295 e. The Morgan fingerprint density at radius 1 is 1.06 bits per heavy atom. The van der Waals surface area contributed by atoms with Gasteiger partial charge in [-0.1, -0.05) is 19.9 Å². The van der Waals surface area contributed by atoms with Crippen LogP contribution in [-0.4, -0.2) is 55.2 Å². The second kappa shape index (κ2) is 11.8. The third kappa shape index (κ3) is 6.00. The van der Waals surface area contributed by atoms with Gasteiger partial charge in [-0.05, 0) is 61.2 Å². The Balaban J connectivity index is 2.09. The van der Waals surface area contributed by atoms with Gasteiger partial charge in [0.1, 0.15) is 11.6 Å². The minimum Gasteiger partial charge on any atom is -0.507 e. The number of halogens is 1. The summed E-state index contributed by atoms with van der Waals surface area (Å²) in [6.45, 7) is 7.33. The van der Waals surface area contributed by atoms with Crippen LogP contribution in [0.15, 0.2) is 48.0 Å². The molecule has 1 saturated heterocycles. The summed E-state index contributed by atoms with van der Waals surface area (Å²) in [4.78, 5) is 27.4. The largest absolute Gasteiger partial charge is 0.507 e. The van der Waals surface area contributed by atoms with Gasteiger partial charge >= 0.3 is 0 Å². The molecule has 8 heteroatoms. The lowest BCUT2D eigenvalue weighted by atomic mass is 9.95. The van der Waals surface area contributed by atoms with E-state index in [1.165, 1.54) is 36.3 Å². The zero-order chi connectivity index (χ0) is 25.5. The third-order valence-electron chi connectivity index (χ3n) is 5.73. The topological polar surface area (TPSA) is 85.3 Å². The van der Waals surface area contributed by atoms with Crippen LogP contribution < -0.4 is 9.47 Å². The number of rotatable bonds is 11. The van der Waals surface area contributed by atoms with E-state index in [2.05, 4.69) is 13.8 Å². The van der Waals surface area contributed by atoms with Gasteiger partial charge in [-0.3, -0.25) is 9.59 Å². The van der Waals surface area contributed by atoms with Crippen molar-refractivity contribution in [2.24, 2.45) is 5.92 Å². The predicted molar refractivity (Wildman–Crippen MR) is 130 cm³/mol. The maximum Gasteiger partial charge on any atom is 0.295 e. The van der Waals surface area contributed by atoms with Gasteiger partial charge in [0.2, 0.25) is 0 Å². The summed E-state index contributed by atoms with van der Waals surface area (Å²) >= 11 is 0. The first-order valence-electron chi connectivity index (χ1n) is 11.7. The summed E-state index contributed by atoms with van der Waals surface area (Å²) in [6.07, 6.45) is 0.877. The number of likely N-dealkylation sites (tertiary alicyclic amines) is 1. The summed E-state index contributed by atoms with van der Waals surface area (Å²) in [5.41, 5.74) is 0.733. The van der Waals surface area contributed by atoms with Gasteiger partial charge in [0.05, 0.1) is 31.4 Å². The van der Waals surface area contributed by atoms with Crippen molar-refractivity contribution in [3.8, 4) is 11.5 Å². The molecule has 1 N–H and O–H groups in total. The lowest BCUT2D eigenvalue weighted by molar-refractivity contribution is -0.140. The summed E-state index contributed by atoms with van der Waals surface area (Å²) < 4.78 is 30.3. The van der Waals surface area contributed by atoms with Gasteiger partial charge in [-0.25, -0.2) is 4.39 Å². The normalized spacial score (nSPS) is 17.3. The average Bonchev–Trinajstić information content (AvgIpc) is 3.08. The maximum absolute atomic E-state index is 13.4. The van der Waals surface area contributed by atoms with Crippen molar-refractivity contribution >= 4 is 17.4 Å². The minimum atomic E-state index is -0.876. The number of hydrogen-bond acceptors (Lipinski definition) is 6. The molecular weight excluding hydrogens is 453 g/mol. The quantitative estimate of drug-likeness (QED) is 0.282. The number of ketones is 1. The number of aliphatic hydroxyl groups is 1. The first kappa shape index (κ1) is 26.2. The minimum absolute atomic E-state index is 0.0753. The molecule has 0 saturated carbocycles. The molecule has 2 aromatic carbocycles. The van der Waals surface area contributed by atoms with E-state index in [1.807, 2.05) is 6.92 Å². The average molecular weight is 486 g/mol. The van der Waals surface area contributed by atoms with Crippen LogP contribution in [-0.2, 0) is 14.3 Å². The highest BCUT2D eigenvalue weighted by molar-refractivity contribution is 6.46. The highest BCUT2D eigenvalue weighted by Gasteiger charge is 2.46. The Morgan fingerprint density at radius 3 is 2.40 bits per heavy atom. The molecule has 1 aliphatic heterocycles. The molecule has 1 atom stereocenters. The Labute approximate surface area is 205 Å². The van der Waals surface area contributed by atoms with Crippen molar-refractivity contribution in [1.82, 2.24) is 4.90 Å². The van der Waals surface area contributed by atoms with Crippen LogP contribution in [0.3, 0.4) is 0 Å². The van der Waals surface area contributed by atoms with Gasteiger partial charge in [0.15, 0.2) is 11.5 Å². The molecule has 0 radical (unpaired) electrons. The SMILES string of the molecule is CCOc1cc(C2C(=C(O)c3ccc(F)cc3)C(=O)C(=O)N2CCOC)ccc1OCCC(C)C. The molecule has 1 amide bonds. The number of methoxy groups -OCH3 is 1. The predicted octanol–water partition coefficient (Wildman–Crippen LogP) is 4.72. The number of aliphatic hydroxyl groups excluding tert-OH is 1. The molecule has 188 valence electrons. The van der Waals surface area contributed by atoms with E-state index in [0.717, 1.165) is 6.42 Å². The van der Waals surface area contributed by atoms with Gasteiger partial charge < -0.3 is 24.2 Å². The zero-order valence-corrected chi connectivity index (χ0v) is 20.5. The molecule has 7 nitrogen and oxygen atoms in total. The van der Waals surface area contributed by atoms with Gasteiger partial charge in [0.25, 0.3) is 11.7 Å². The molecule has 2 aromatic rings. The van der Waals surface area contributed by atoms with Gasteiger partial charge in [-0.2, -0.15) is 0 Å². The Hall–Kier alpha value is -3.39. The van der Waals surface area contributed by atoms with Crippen molar-refractivity contribution in [2.75, 3.05) is 33.5 Å². The molecule has 35 heavy (non-hydrogen) atoms. The van der Waals surface area contributed by atoms with Crippen molar-refractivity contribution in [3.05, 3.63) is 65.0 Å². The molecule has 0 aromatic heterocycles. The number of ether oxygens (including phenoxy) is 3. The number of benzene rings is 2. The van der Waals surface area contributed by atoms with Gasteiger partial charge in [-0.15, -0.1) is 0 Å². The summed E-state index contributed by atoms with van der Waals surface area (Å²) in [5, 5.41) is 11.0. The van der Waals surface area contributed by atoms with Gasteiger partial charge in [0, 0.05) is 19.2 Å². The maximum atomic E-state index is 13.4. The molecule has 0 spiro atoms. The molecular formula is C27H32FNO6. The Morgan fingerprint density at radius 2 is 1.77 bits per heavy atom. The van der Waals surface area contributed by atoms with E-state index in [4.69, 9.17) is 14.2 Å².